The minimum absolute atomic E-state index is 0.135. The lowest BCUT2D eigenvalue weighted by molar-refractivity contribution is 0.0914. The Labute approximate surface area is 132 Å². The van der Waals surface area contributed by atoms with Gasteiger partial charge in [0.2, 0.25) is 0 Å². The Hall–Kier alpha value is -2.18. The van der Waals surface area contributed by atoms with Crippen molar-refractivity contribution in [2.75, 3.05) is 0 Å². The first-order valence-electron chi connectivity index (χ1n) is 7.09. The van der Waals surface area contributed by atoms with Gasteiger partial charge in [-0.15, -0.1) is 11.3 Å². The van der Waals surface area contributed by atoms with E-state index in [1.807, 2.05) is 36.6 Å². The van der Waals surface area contributed by atoms with Crippen molar-refractivity contribution in [1.29, 1.82) is 0 Å². The summed E-state index contributed by atoms with van der Waals surface area (Å²) in [6, 6.07) is 9.18. The number of amides is 1. The van der Waals surface area contributed by atoms with E-state index in [9.17, 15) is 9.90 Å². The molecule has 22 heavy (non-hydrogen) atoms. The third-order valence-corrected chi connectivity index (χ3v) is 4.44. The second-order valence-electron chi connectivity index (χ2n) is 5.27. The van der Waals surface area contributed by atoms with Crippen LogP contribution in [0.2, 0.25) is 0 Å². The van der Waals surface area contributed by atoms with E-state index in [0.717, 1.165) is 10.3 Å². The van der Waals surface area contributed by atoms with E-state index in [2.05, 4.69) is 15.3 Å². The molecule has 0 fully saturated rings. The summed E-state index contributed by atoms with van der Waals surface area (Å²) in [5.74, 6) is -0.191. The second kappa shape index (κ2) is 6.29. The van der Waals surface area contributed by atoms with Crippen LogP contribution in [-0.4, -0.2) is 27.0 Å². The summed E-state index contributed by atoms with van der Waals surface area (Å²) in [5, 5.41) is 15.8. The zero-order valence-corrected chi connectivity index (χ0v) is 12.9. The molecule has 1 amide bonds. The zero-order chi connectivity index (χ0) is 15.5. The van der Waals surface area contributed by atoms with Crippen LogP contribution in [0, 0.1) is 0 Å². The van der Waals surface area contributed by atoms with E-state index in [1.165, 1.54) is 11.3 Å². The SMILES string of the molecule is CC(CC(O)c1cccs1)NC(=O)c1cc2cccnc2[nH]1. The molecule has 0 saturated carbocycles. The number of aromatic nitrogens is 2. The van der Waals surface area contributed by atoms with Crippen LogP contribution in [0.3, 0.4) is 0 Å². The van der Waals surface area contributed by atoms with Gasteiger partial charge >= 0.3 is 0 Å². The normalized spacial score (nSPS) is 13.9. The average molecular weight is 315 g/mol. The maximum Gasteiger partial charge on any atom is 0.267 e. The molecule has 0 spiro atoms. The Morgan fingerprint density at radius 1 is 1.45 bits per heavy atom. The monoisotopic (exact) mass is 315 g/mol. The first-order chi connectivity index (χ1) is 10.6. The molecule has 6 heteroatoms. The summed E-state index contributed by atoms with van der Waals surface area (Å²) in [7, 11) is 0. The van der Waals surface area contributed by atoms with E-state index < -0.39 is 6.10 Å². The summed E-state index contributed by atoms with van der Waals surface area (Å²) in [6.45, 7) is 1.88. The molecule has 114 valence electrons. The van der Waals surface area contributed by atoms with Crippen LogP contribution in [-0.2, 0) is 0 Å². The number of aliphatic hydroxyl groups excluding tert-OH is 1. The summed E-state index contributed by atoms with van der Waals surface area (Å²) < 4.78 is 0. The van der Waals surface area contributed by atoms with Gasteiger partial charge in [-0.1, -0.05) is 6.07 Å². The van der Waals surface area contributed by atoms with Gasteiger partial charge in [0.15, 0.2) is 0 Å². The molecule has 2 unspecified atom stereocenters. The molecule has 3 aromatic heterocycles. The average Bonchev–Trinajstić information content (AvgIpc) is 3.16. The molecule has 0 saturated heterocycles. The largest absolute Gasteiger partial charge is 0.387 e. The maximum absolute atomic E-state index is 12.2. The summed E-state index contributed by atoms with van der Waals surface area (Å²) in [4.78, 5) is 20.3. The number of nitrogens with zero attached hydrogens (tertiary/aromatic N) is 1. The van der Waals surface area contributed by atoms with Gasteiger partial charge in [-0.05, 0) is 43.0 Å². The molecular weight excluding hydrogens is 298 g/mol. The number of fused-ring (bicyclic) bond motifs is 1. The van der Waals surface area contributed by atoms with E-state index in [1.54, 1.807) is 12.3 Å². The summed E-state index contributed by atoms with van der Waals surface area (Å²) in [5.41, 5.74) is 1.17. The van der Waals surface area contributed by atoms with Crippen molar-refractivity contribution in [1.82, 2.24) is 15.3 Å². The highest BCUT2D eigenvalue weighted by atomic mass is 32.1. The van der Waals surface area contributed by atoms with Crippen LogP contribution in [0.1, 0.15) is 34.8 Å². The second-order valence-corrected chi connectivity index (χ2v) is 6.24. The minimum atomic E-state index is -0.556. The van der Waals surface area contributed by atoms with Crippen molar-refractivity contribution < 1.29 is 9.90 Å². The van der Waals surface area contributed by atoms with Gasteiger partial charge in [0, 0.05) is 22.5 Å². The fourth-order valence-electron chi connectivity index (χ4n) is 2.37. The number of thiophene rings is 1. The molecule has 3 N–H and O–H groups in total. The van der Waals surface area contributed by atoms with Gasteiger partial charge < -0.3 is 15.4 Å². The van der Waals surface area contributed by atoms with Crippen molar-refractivity contribution in [3.05, 3.63) is 52.5 Å². The highest BCUT2D eigenvalue weighted by Gasteiger charge is 2.17. The molecule has 0 bridgehead atoms. The maximum atomic E-state index is 12.2. The number of rotatable bonds is 5. The van der Waals surface area contributed by atoms with Crippen molar-refractivity contribution in [2.24, 2.45) is 0 Å². The van der Waals surface area contributed by atoms with Crippen LogP contribution in [0.25, 0.3) is 11.0 Å². The Morgan fingerprint density at radius 3 is 3.05 bits per heavy atom. The molecule has 0 aliphatic heterocycles. The first kappa shape index (κ1) is 14.7. The molecule has 3 aromatic rings. The number of pyridine rings is 1. The molecular formula is C16H17N3O2S. The van der Waals surface area contributed by atoms with Crippen molar-refractivity contribution in [3.8, 4) is 0 Å². The highest BCUT2D eigenvalue weighted by molar-refractivity contribution is 7.10. The van der Waals surface area contributed by atoms with Crippen molar-refractivity contribution in [3.63, 3.8) is 0 Å². The number of aliphatic hydroxyl groups is 1. The Bertz CT molecular complexity index is 734. The van der Waals surface area contributed by atoms with Gasteiger partial charge in [0.05, 0.1) is 6.10 Å². The minimum Gasteiger partial charge on any atom is -0.387 e. The highest BCUT2D eigenvalue weighted by Crippen LogP contribution is 2.23. The van der Waals surface area contributed by atoms with Crippen LogP contribution in [0.4, 0.5) is 0 Å². The molecule has 0 aliphatic carbocycles. The number of hydrogen-bond donors (Lipinski definition) is 3. The smallest absolute Gasteiger partial charge is 0.267 e. The number of aromatic amines is 1. The predicted octanol–water partition coefficient (Wildman–Crippen LogP) is 2.87. The molecule has 0 radical (unpaired) electrons. The lowest BCUT2D eigenvalue weighted by atomic mass is 10.1. The Balaban J connectivity index is 1.63. The lowest BCUT2D eigenvalue weighted by Crippen LogP contribution is -2.33. The zero-order valence-electron chi connectivity index (χ0n) is 12.1. The third kappa shape index (κ3) is 3.18. The van der Waals surface area contributed by atoms with Crippen LogP contribution >= 0.6 is 11.3 Å². The number of carbonyl (C=O) groups is 1. The van der Waals surface area contributed by atoms with E-state index >= 15 is 0 Å². The predicted molar refractivity (Wildman–Crippen MR) is 86.9 cm³/mol. The van der Waals surface area contributed by atoms with E-state index in [-0.39, 0.29) is 11.9 Å². The summed E-state index contributed by atoms with van der Waals surface area (Å²) in [6.07, 6.45) is 1.60. The standard InChI is InChI=1S/C16H17N3O2S/c1-10(8-13(20)14-5-3-7-22-14)18-16(21)12-9-11-4-2-6-17-15(11)19-12/h2-7,9-10,13,20H,8H2,1H3,(H,17,19)(H,18,21). The van der Waals surface area contributed by atoms with Gasteiger partial charge in [-0.2, -0.15) is 0 Å². The number of H-pyrrole nitrogens is 1. The van der Waals surface area contributed by atoms with Crippen LogP contribution < -0.4 is 5.32 Å². The van der Waals surface area contributed by atoms with Gasteiger partial charge in [0.25, 0.3) is 5.91 Å². The number of nitrogens with one attached hydrogen (secondary N) is 2. The first-order valence-corrected chi connectivity index (χ1v) is 7.97. The molecule has 0 aromatic carbocycles. The van der Waals surface area contributed by atoms with E-state index in [0.29, 0.717) is 17.8 Å². The molecule has 0 aliphatic rings. The Kier molecular flexibility index (Phi) is 4.22. The van der Waals surface area contributed by atoms with Crippen molar-refractivity contribution >= 4 is 28.3 Å². The summed E-state index contributed by atoms with van der Waals surface area (Å²) >= 11 is 1.51. The molecule has 5 nitrogen and oxygen atoms in total. The molecule has 2 atom stereocenters. The lowest BCUT2D eigenvalue weighted by Gasteiger charge is -2.16. The van der Waals surface area contributed by atoms with E-state index in [4.69, 9.17) is 0 Å². The van der Waals surface area contributed by atoms with Gasteiger partial charge in [0.1, 0.15) is 11.3 Å². The third-order valence-electron chi connectivity index (χ3n) is 3.46. The Morgan fingerprint density at radius 2 is 2.32 bits per heavy atom. The quantitative estimate of drug-likeness (QED) is 0.677. The van der Waals surface area contributed by atoms with Gasteiger partial charge in [-0.3, -0.25) is 4.79 Å². The van der Waals surface area contributed by atoms with Crippen molar-refractivity contribution in [2.45, 2.75) is 25.5 Å². The van der Waals surface area contributed by atoms with Crippen LogP contribution in [0.5, 0.6) is 0 Å². The molecule has 3 heterocycles. The van der Waals surface area contributed by atoms with Crippen LogP contribution in [0.15, 0.2) is 41.9 Å². The topological polar surface area (TPSA) is 78.0 Å². The number of carbonyl (C=O) groups excluding carboxylic acids is 1. The fraction of sp³-hybridized carbons (Fsp3) is 0.250. The number of hydrogen-bond acceptors (Lipinski definition) is 4. The fourth-order valence-corrected chi connectivity index (χ4v) is 3.10. The molecule has 3 rings (SSSR count). The van der Waals surface area contributed by atoms with Gasteiger partial charge in [-0.25, -0.2) is 4.98 Å².